The van der Waals surface area contributed by atoms with Gasteiger partial charge >= 0.3 is 0 Å². The van der Waals surface area contributed by atoms with E-state index in [9.17, 15) is 4.79 Å². The van der Waals surface area contributed by atoms with E-state index in [1.165, 1.54) is 22.3 Å². The van der Waals surface area contributed by atoms with Crippen molar-refractivity contribution in [2.24, 2.45) is 0 Å². The Labute approximate surface area is 201 Å². The van der Waals surface area contributed by atoms with Gasteiger partial charge in [-0.25, -0.2) is 4.98 Å². The molecule has 3 aromatic carbocycles. The van der Waals surface area contributed by atoms with Crippen molar-refractivity contribution < 1.29 is 9.53 Å². The van der Waals surface area contributed by atoms with Crippen molar-refractivity contribution in [2.75, 3.05) is 18.1 Å². The summed E-state index contributed by atoms with van der Waals surface area (Å²) in [5.41, 5.74) is 7.74. The Morgan fingerprint density at radius 1 is 0.912 bits per heavy atom. The number of hydrogen-bond acceptors (Lipinski definition) is 3. The monoisotopic (exact) mass is 453 g/mol. The fourth-order valence-electron chi connectivity index (χ4n) is 5.15. The summed E-state index contributed by atoms with van der Waals surface area (Å²) in [5.74, 6) is 2.05. The number of hydrogen-bond donors (Lipinski definition) is 0. The van der Waals surface area contributed by atoms with Crippen molar-refractivity contribution in [1.29, 1.82) is 0 Å². The van der Waals surface area contributed by atoms with Crippen LogP contribution in [0.3, 0.4) is 0 Å². The molecule has 1 atom stereocenters. The number of anilines is 1. The molecule has 174 valence electrons. The lowest BCUT2D eigenvalue weighted by molar-refractivity contribution is -0.117. The topological polar surface area (TPSA) is 47.4 Å². The molecular formula is C29H31N3O2. The minimum absolute atomic E-state index is 0.0435. The second-order valence-electron chi connectivity index (χ2n) is 9.53. The molecule has 34 heavy (non-hydrogen) atoms. The summed E-state index contributed by atoms with van der Waals surface area (Å²) in [6, 6.07) is 20.8. The minimum Gasteiger partial charge on any atom is -0.492 e. The number of amides is 1. The average molecular weight is 454 g/mol. The predicted octanol–water partition coefficient (Wildman–Crippen LogP) is 5.87. The maximum Gasteiger partial charge on any atom is 0.227 e. The number of nitrogens with zero attached hydrogens (tertiary/aromatic N) is 3. The van der Waals surface area contributed by atoms with Crippen LogP contribution in [0, 0.1) is 27.7 Å². The zero-order chi connectivity index (χ0) is 23.8. The van der Waals surface area contributed by atoms with Crippen LogP contribution >= 0.6 is 0 Å². The summed E-state index contributed by atoms with van der Waals surface area (Å²) in [5, 5.41) is 0. The van der Waals surface area contributed by atoms with Crippen LogP contribution in [0.15, 0.2) is 60.7 Å². The highest BCUT2D eigenvalue weighted by atomic mass is 16.5. The largest absolute Gasteiger partial charge is 0.492 e. The Morgan fingerprint density at radius 3 is 2.26 bits per heavy atom. The number of ether oxygens (including phenoxy) is 1. The molecule has 2 heterocycles. The lowest BCUT2D eigenvalue weighted by Gasteiger charge is -2.19. The van der Waals surface area contributed by atoms with Gasteiger partial charge in [0, 0.05) is 24.6 Å². The zero-order valence-corrected chi connectivity index (χ0v) is 20.3. The molecule has 0 radical (unpaired) electrons. The van der Waals surface area contributed by atoms with Crippen molar-refractivity contribution in [1.82, 2.24) is 9.55 Å². The van der Waals surface area contributed by atoms with Crippen molar-refractivity contribution >= 4 is 22.6 Å². The molecule has 0 N–H and O–H groups in total. The van der Waals surface area contributed by atoms with Gasteiger partial charge in [-0.1, -0.05) is 24.3 Å². The first-order chi connectivity index (χ1) is 16.4. The maximum atomic E-state index is 13.0. The standard InChI is InChI=1S/C29H31N3O2/c1-19-11-20(2)14-24(13-19)32-18-23(17-28(32)33)29-30-26-7-5-6-8-27(26)31(29)9-10-34-25-15-21(3)12-22(4)16-25/h5-8,11-16,23H,9-10,17-18H2,1-4H3/t23-/m1/s1. The minimum atomic E-state index is 0.0435. The maximum absolute atomic E-state index is 13.0. The number of fused-ring (bicyclic) bond motifs is 1. The Kier molecular flexibility index (Phi) is 5.86. The zero-order valence-electron chi connectivity index (χ0n) is 20.3. The van der Waals surface area contributed by atoms with E-state index in [1.54, 1.807) is 0 Å². The molecule has 1 amide bonds. The molecule has 4 aromatic rings. The number of rotatable bonds is 6. The molecule has 0 unspecified atom stereocenters. The summed E-state index contributed by atoms with van der Waals surface area (Å²) in [6.07, 6.45) is 0.467. The van der Waals surface area contributed by atoms with Crippen LogP contribution < -0.4 is 9.64 Å². The van der Waals surface area contributed by atoms with E-state index >= 15 is 0 Å². The Morgan fingerprint density at radius 2 is 1.56 bits per heavy atom. The number of benzene rings is 3. The third-order valence-corrected chi connectivity index (χ3v) is 6.47. The highest BCUT2D eigenvalue weighted by Crippen LogP contribution is 2.34. The number of imidazole rings is 1. The molecule has 0 saturated carbocycles. The normalized spacial score (nSPS) is 15.9. The van der Waals surface area contributed by atoms with E-state index < -0.39 is 0 Å². The number of aryl methyl sites for hydroxylation is 4. The van der Waals surface area contributed by atoms with E-state index in [0.717, 1.165) is 28.3 Å². The van der Waals surface area contributed by atoms with E-state index in [2.05, 4.69) is 74.7 Å². The van der Waals surface area contributed by atoms with Crippen molar-refractivity contribution in [3.63, 3.8) is 0 Å². The molecule has 1 saturated heterocycles. The molecule has 0 bridgehead atoms. The second-order valence-corrected chi connectivity index (χ2v) is 9.53. The van der Waals surface area contributed by atoms with Gasteiger partial charge in [-0.05, 0) is 86.3 Å². The summed E-state index contributed by atoms with van der Waals surface area (Å²) in [4.78, 5) is 19.9. The summed E-state index contributed by atoms with van der Waals surface area (Å²) in [6.45, 7) is 10.2. The van der Waals surface area contributed by atoms with Gasteiger partial charge in [0.05, 0.1) is 17.6 Å². The second kappa shape index (κ2) is 8.98. The molecule has 1 aliphatic rings. The van der Waals surface area contributed by atoms with Crippen LogP contribution in [-0.4, -0.2) is 28.6 Å². The Bertz CT molecular complexity index is 1330. The highest BCUT2D eigenvalue weighted by molar-refractivity contribution is 5.96. The quantitative estimate of drug-likeness (QED) is 0.367. The van der Waals surface area contributed by atoms with E-state index in [1.807, 2.05) is 23.1 Å². The number of para-hydroxylation sites is 2. The van der Waals surface area contributed by atoms with Crippen LogP contribution in [-0.2, 0) is 11.3 Å². The number of carbonyl (C=O) groups excluding carboxylic acids is 1. The van der Waals surface area contributed by atoms with Gasteiger partial charge < -0.3 is 14.2 Å². The van der Waals surface area contributed by atoms with Gasteiger partial charge in [0.25, 0.3) is 0 Å². The van der Waals surface area contributed by atoms with Crippen LogP contribution in [0.4, 0.5) is 5.69 Å². The van der Waals surface area contributed by atoms with Crippen LogP contribution in [0.5, 0.6) is 5.75 Å². The van der Waals surface area contributed by atoms with Crippen molar-refractivity contribution in [2.45, 2.75) is 46.6 Å². The SMILES string of the molecule is Cc1cc(C)cc(OCCn2c([C@@H]3CC(=O)N(c4cc(C)cc(C)c4)C3)nc3ccccc32)c1. The molecule has 5 nitrogen and oxygen atoms in total. The van der Waals surface area contributed by atoms with Gasteiger partial charge in [0.1, 0.15) is 18.2 Å². The third kappa shape index (κ3) is 4.43. The lowest BCUT2D eigenvalue weighted by Crippen LogP contribution is -2.25. The lowest BCUT2D eigenvalue weighted by atomic mass is 10.1. The van der Waals surface area contributed by atoms with E-state index in [0.29, 0.717) is 26.1 Å². The van der Waals surface area contributed by atoms with Gasteiger partial charge in [0.2, 0.25) is 5.91 Å². The van der Waals surface area contributed by atoms with Gasteiger partial charge in [-0.2, -0.15) is 0 Å². The van der Waals surface area contributed by atoms with E-state index in [4.69, 9.17) is 9.72 Å². The van der Waals surface area contributed by atoms with Crippen LogP contribution in [0.2, 0.25) is 0 Å². The fourth-order valence-corrected chi connectivity index (χ4v) is 5.15. The molecule has 1 aliphatic heterocycles. The molecule has 1 fully saturated rings. The van der Waals surface area contributed by atoms with Crippen molar-refractivity contribution in [3.05, 3.63) is 88.7 Å². The molecule has 0 aliphatic carbocycles. The van der Waals surface area contributed by atoms with Crippen LogP contribution in [0.25, 0.3) is 11.0 Å². The number of aromatic nitrogens is 2. The summed E-state index contributed by atoms with van der Waals surface area (Å²) in [7, 11) is 0. The fraction of sp³-hybridized carbons (Fsp3) is 0.310. The third-order valence-electron chi connectivity index (χ3n) is 6.47. The highest BCUT2D eigenvalue weighted by Gasteiger charge is 2.35. The molecule has 0 spiro atoms. The first kappa shape index (κ1) is 22.2. The van der Waals surface area contributed by atoms with E-state index in [-0.39, 0.29) is 11.8 Å². The van der Waals surface area contributed by atoms with Gasteiger partial charge in [-0.3, -0.25) is 4.79 Å². The van der Waals surface area contributed by atoms with Crippen LogP contribution in [0.1, 0.15) is 40.4 Å². The molecule has 5 rings (SSSR count). The van der Waals surface area contributed by atoms with Gasteiger partial charge in [0.15, 0.2) is 0 Å². The first-order valence-corrected chi connectivity index (χ1v) is 11.9. The average Bonchev–Trinajstić information content (AvgIpc) is 3.33. The summed E-state index contributed by atoms with van der Waals surface area (Å²) < 4.78 is 8.36. The molecular weight excluding hydrogens is 422 g/mol. The molecule has 5 heteroatoms. The van der Waals surface area contributed by atoms with Crippen molar-refractivity contribution in [3.8, 4) is 5.75 Å². The van der Waals surface area contributed by atoms with Gasteiger partial charge in [-0.15, -0.1) is 0 Å². The Balaban J connectivity index is 1.41. The Hall–Kier alpha value is -3.60. The smallest absolute Gasteiger partial charge is 0.227 e. The summed E-state index contributed by atoms with van der Waals surface area (Å²) >= 11 is 0. The number of carbonyl (C=O) groups is 1. The first-order valence-electron chi connectivity index (χ1n) is 11.9. The molecule has 1 aromatic heterocycles. The predicted molar refractivity (Wildman–Crippen MR) is 137 cm³/mol.